The van der Waals surface area contributed by atoms with Crippen LogP contribution in [0.5, 0.6) is 11.5 Å². The molecule has 4 nitrogen and oxygen atoms in total. The number of hydrogen-bond acceptors (Lipinski definition) is 4. The van der Waals surface area contributed by atoms with Crippen LogP contribution in [0, 0.1) is 0 Å². The van der Waals surface area contributed by atoms with Gasteiger partial charge in [0.1, 0.15) is 11.5 Å². The second-order valence-corrected chi connectivity index (χ2v) is 6.60. The molecule has 0 bridgehead atoms. The summed E-state index contributed by atoms with van der Waals surface area (Å²) in [5, 5.41) is 9.27. The highest BCUT2D eigenvalue weighted by Gasteiger charge is 2.19. The SMILES string of the molecule is COc1ccccc1-c1cccc(N(C)CCCO)c1-c1ccccc1OC. The molecule has 0 aliphatic rings. The first-order chi connectivity index (χ1) is 13.7. The quantitative estimate of drug-likeness (QED) is 0.609. The third-order valence-electron chi connectivity index (χ3n) is 4.88. The van der Waals surface area contributed by atoms with E-state index in [1.807, 2.05) is 36.4 Å². The van der Waals surface area contributed by atoms with Crippen LogP contribution in [0.3, 0.4) is 0 Å². The Hall–Kier alpha value is -2.98. The van der Waals surface area contributed by atoms with Gasteiger partial charge in [-0.3, -0.25) is 0 Å². The van der Waals surface area contributed by atoms with Gasteiger partial charge in [0.05, 0.1) is 14.2 Å². The Morgan fingerprint density at radius 2 is 1.32 bits per heavy atom. The lowest BCUT2D eigenvalue weighted by Gasteiger charge is -2.26. The molecule has 0 aliphatic heterocycles. The number of benzene rings is 3. The highest BCUT2D eigenvalue weighted by atomic mass is 16.5. The summed E-state index contributed by atoms with van der Waals surface area (Å²) >= 11 is 0. The van der Waals surface area contributed by atoms with E-state index in [1.165, 1.54) is 0 Å². The molecule has 4 heteroatoms. The van der Waals surface area contributed by atoms with E-state index >= 15 is 0 Å². The van der Waals surface area contributed by atoms with Crippen molar-refractivity contribution in [2.24, 2.45) is 0 Å². The van der Waals surface area contributed by atoms with E-state index in [1.54, 1.807) is 14.2 Å². The van der Waals surface area contributed by atoms with Crippen LogP contribution < -0.4 is 14.4 Å². The normalized spacial score (nSPS) is 10.6. The molecule has 0 fully saturated rings. The summed E-state index contributed by atoms with van der Waals surface area (Å²) < 4.78 is 11.3. The first-order valence-electron chi connectivity index (χ1n) is 9.43. The fourth-order valence-electron chi connectivity index (χ4n) is 3.51. The molecule has 0 heterocycles. The Morgan fingerprint density at radius 3 is 1.96 bits per heavy atom. The van der Waals surface area contributed by atoms with E-state index in [2.05, 4.69) is 42.3 Å². The largest absolute Gasteiger partial charge is 0.496 e. The fourth-order valence-corrected chi connectivity index (χ4v) is 3.51. The van der Waals surface area contributed by atoms with Crippen LogP contribution in [0.15, 0.2) is 66.7 Å². The Bertz CT molecular complexity index is 923. The van der Waals surface area contributed by atoms with Crippen molar-refractivity contribution in [3.05, 3.63) is 66.7 Å². The van der Waals surface area contributed by atoms with E-state index in [9.17, 15) is 5.11 Å². The first kappa shape index (κ1) is 19.8. The first-order valence-corrected chi connectivity index (χ1v) is 9.43. The molecule has 0 amide bonds. The standard InChI is InChI=1S/C24H27NO3/c1-25(16-9-17-26)21-13-8-12-19(18-10-4-6-14-22(18)27-2)24(21)20-11-5-7-15-23(20)28-3/h4-8,10-15,26H,9,16-17H2,1-3H3. The number of para-hydroxylation sites is 2. The van der Waals surface area contributed by atoms with Gasteiger partial charge in [0.15, 0.2) is 0 Å². The zero-order valence-electron chi connectivity index (χ0n) is 16.7. The number of nitrogens with zero attached hydrogens (tertiary/aromatic N) is 1. The van der Waals surface area contributed by atoms with Gasteiger partial charge < -0.3 is 19.5 Å². The molecule has 1 N–H and O–H groups in total. The van der Waals surface area contributed by atoms with Crippen LogP contribution in [0.25, 0.3) is 22.3 Å². The van der Waals surface area contributed by atoms with Crippen LogP contribution in [0.2, 0.25) is 0 Å². The van der Waals surface area contributed by atoms with Crippen molar-refractivity contribution in [3.8, 4) is 33.8 Å². The van der Waals surface area contributed by atoms with Crippen molar-refractivity contribution in [2.75, 3.05) is 39.3 Å². The average molecular weight is 377 g/mol. The van der Waals surface area contributed by atoms with Crippen LogP contribution in [0.4, 0.5) is 5.69 Å². The van der Waals surface area contributed by atoms with Gasteiger partial charge in [0.25, 0.3) is 0 Å². The average Bonchev–Trinajstić information content (AvgIpc) is 2.76. The summed E-state index contributed by atoms with van der Waals surface area (Å²) in [4.78, 5) is 2.18. The molecule has 0 aromatic heterocycles. The lowest BCUT2D eigenvalue weighted by molar-refractivity contribution is 0.290. The van der Waals surface area contributed by atoms with Gasteiger partial charge in [-0.15, -0.1) is 0 Å². The Morgan fingerprint density at radius 1 is 0.750 bits per heavy atom. The van der Waals surface area contributed by atoms with Gasteiger partial charge in [0.2, 0.25) is 0 Å². The molecular weight excluding hydrogens is 350 g/mol. The second-order valence-electron chi connectivity index (χ2n) is 6.60. The number of ether oxygens (including phenoxy) is 2. The summed E-state index contributed by atoms with van der Waals surface area (Å²) in [6.45, 7) is 0.925. The molecule has 0 saturated heterocycles. The van der Waals surface area contributed by atoms with E-state index < -0.39 is 0 Å². The van der Waals surface area contributed by atoms with Crippen molar-refractivity contribution < 1.29 is 14.6 Å². The monoisotopic (exact) mass is 377 g/mol. The Labute approximate surface area is 167 Å². The lowest BCUT2D eigenvalue weighted by Crippen LogP contribution is -2.20. The molecule has 0 aliphatic carbocycles. The van der Waals surface area contributed by atoms with Gasteiger partial charge in [-0.1, -0.05) is 48.5 Å². The maximum Gasteiger partial charge on any atom is 0.126 e. The van der Waals surface area contributed by atoms with Crippen molar-refractivity contribution >= 4 is 5.69 Å². The van der Waals surface area contributed by atoms with E-state index in [0.717, 1.165) is 46.0 Å². The molecule has 0 radical (unpaired) electrons. The minimum atomic E-state index is 0.167. The zero-order chi connectivity index (χ0) is 19.9. The number of aliphatic hydroxyl groups excluding tert-OH is 1. The molecule has 0 spiro atoms. The molecule has 0 atom stereocenters. The molecule has 146 valence electrons. The number of methoxy groups -OCH3 is 2. The maximum absolute atomic E-state index is 9.27. The van der Waals surface area contributed by atoms with Crippen molar-refractivity contribution in [1.29, 1.82) is 0 Å². The zero-order valence-corrected chi connectivity index (χ0v) is 16.7. The highest BCUT2D eigenvalue weighted by Crippen LogP contribution is 2.45. The van der Waals surface area contributed by atoms with Crippen molar-refractivity contribution in [1.82, 2.24) is 0 Å². The van der Waals surface area contributed by atoms with Crippen LogP contribution in [-0.2, 0) is 0 Å². The lowest BCUT2D eigenvalue weighted by atomic mass is 9.91. The van der Waals surface area contributed by atoms with E-state index in [-0.39, 0.29) is 6.61 Å². The van der Waals surface area contributed by atoms with Crippen molar-refractivity contribution in [3.63, 3.8) is 0 Å². The summed E-state index contributed by atoms with van der Waals surface area (Å²) in [7, 11) is 5.44. The predicted octanol–water partition coefficient (Wildman–Crippen LogP) is 4.86. The molecule has 0 unspecified atom stereocenters. The van der Waals surface area contributed by atoms with Crippen LogP contribution >= 0.6 is 0 Å². The minimum absolute atomic E-state index is 0.167. The molecule has 28 heavy (non-hydrogen) atoms. The topological polar surface area (TPSA) is 41.9 Å². The van der Waals surface area contributed by atoms with Gasteiger partial charge in [-0.25, -0.2) is 0 Å². The smallest absolute Gasteiger partial charge is 0.126 e. The summed E-state index contributed by atoms with van der Waals surface area (Å²) in [5.41, 5.74) is 5.31. The number of anilines is 1. The van der Waals surface area contributed by atoms with Gasteiger partial charge in [-0.05, 0) is 30.2 Å². The predicted molar refractivity (Wildman–Crippen MR) is 115 cm³/mol. The summed E-state index contributed by atoms with van der Waals surface area (Å²) in [6, 6.07) is 22.4. The van der Waals surface area contributed by atoms with E-state index in [4.69, 9.17) is 9.47 Å². The molecule has 3 aromatic rings. The Balaban J connectivity index is 2.28. The van der Waals surface area contributed by atoms with Gasteiger partial charge >= 0.3 is 0 Å². The summed E-state index contributed by atoms with van der Waals surface area (Å²) in [5.74, 6) is 1.65. The van der Waals surface area contributed by atoms with Crippen LogP contribution in [0.1, 0.15) is 6.42 Å². The molecular formula is C24H27NO3. The maximum atomic E-state index is 9.27. The second kappa shape index (κ2) is 9.29. The third-order valence-corrected chi connectivity index (χ3v) is 4.88. The fraction of sp³-hybridized carbons (Fsp3) is 0.250. The number of hydrogen-bond donors (Lipinski definition) is 1. The molecule has 3 aromatic carbocycles. The Kier molecular flexibility index (Phi) is 6.56. The number of aliphatic hydroxyl groups is 1. The highest BCUT2D eigenvalue weighted by molar-refractivity contribution is 5.95. The summed E-state index contributed by atoms with van der Waals surface area (Å²) in [6.07, 6.45) is 0.709. The molecule has 0 saturated carbocycles. The van der Waals surface area contributed by atoms with Gasteiger partial charge in [0, 0.05) is 42.6 Å². The van der Waals surface area contributed by atoms with Gasteiger partial charge in [-0.2, -0.15) is 0 Å². The number of rotatable bonds is 8. The molecule has 3 rings (SSSR count). The third kappa shape index (κ3) is 3.97. The van der Waals surface area contributed by atoms with Crippen molar-refractivity contribution in [2.45, 2.75) is 6.42 Å². The minimum Gasteiger partial charge on any atom is -0.496 e. The van der Waals surface area contributed by atoms with Crippen LogP contribution in [-0.4, -0.2) is 39.5 Å². The van der Waals surface area contributed by atoms with E-state index in [0.29, 0.717) is 6.42 Å².